The minimum Gasteiger partial charge on any atom is -0.381 e. The van der Waals surface area contributed by atoms with Crippen LogP contribution in [0.5, 0.6) is 0 Å². The maximum atomic E-state index is 14.7. The summed E-state index contributed by atoms with van der Waals surface area (Å²) in [6.07, 6.45) is 2.58. The van der Waals surface area contributed by atoms with Crippen molar-refractivity contribution in [1.82, 2.24) is 14.4 Å². The molecule has 168 valence electrons. The predicted octanol–water partition coefficient (Wildman–Crippen LogP) is 2.89. The standard InChI is InChI=1S/C23H24F2N4O3/c1-13-14(2)26-22-21(17-4-3-16(24)9-18(17)25)27-20(11-29(22)23(13)30)28-6-8-32-19(10-28)15-5-7-31-12-15/h3-4,9,11,15,19H,5-8,10,12H2,1-2H3. The number of hydrogen-bond acceptors (Lipinski definition) is 6. The summed E-state index contributed by atoms with van der Waals surface area (Å²) in [4.78, 5) is 24.3. The van der Waals surface area contributed by atoms with Crippen LogP contribution < -0.4 is 10.5 Å². The highest BCUT2D eigenvalue weighted by Crippen LogP contribution is 2.29. The van der Waals surface area contributed by atoms with E-state index in [0.29, 0.717) is 49.3 Å². The van der Waals surface area contributed by atoms with Crippen LogP contribution in [0.2, 0.25) is 0 Å². The number of aromatic nitrogens is 3. The summed E-state index contributed by atoms with van der Waals surface area (Å²) in [7, 11) is 0. The van der Waals surface area contributed by atoms with Crippen LogP contribution >= 0.6 is 0 Å². The number of hydrogen-bond donors (Lipinski definition) is 0. The van der Waals surface area contributed by atoms with Crippen LogP contribution in [0.25, 0.3) is 16.9 Å². The lowest BCUT2D eigenvalue weighted by Gasteiger charge is -2.36. The van der Waals surface area contributed by atoms with E-state index in [1.165, 1.54) is 16.5 Å². The monoisotopic (exact) mass is 442 g/mol. The summed E-state index contributed by atoms with van der Waals surface area (Å²) >= 11 is 0. The van der Waals surface area contributed by atoms with Crippen LogP contribution in [0.4, 0.5) is 14.6 Å². The lowest BCUT2D eigenvalue weighted by molar-refractivity contribution is -0.00147. The molecule has 2 unspecified atom stereocenters. The third-order valence-electron chi connectivity index (χ3n) is 6.36. The van der Waals surface area contributed by atoms with Gasteiger partial charge in [0.1, 0.15) is 23.1 Å². The average molecular weight is 442 g/mol. The zero-order valence-corrected chi connectivity index (χ0v) is 18.0. The summed E-state index contributed by atoms with van der Waals surface area (Å²) in [5, 5.41) is 0. The van der Waals surface area contributed by atoms with E-state index in [9.17, 15) is 13.6 Å². The van der Waals surface area contributed by atoms with E-state index in [1.807, 2.05) is 4.90 Å². The largest absolute Gasteiger partial charge is 0.381 e. The van der Waals surface area contributed by atoms with Gasteiger partial charge >= 0.3 is 0 Å². The van der Waals surface area contributed by atoms with Crippen molar-refractivity contribution in [3.05, 3.63) is 57.6 Å². The number of benzene rings is 1. The van der Waals surface area contributed by atoms with E-state index in [4.69, 9.17) is 14.5 Å². The molecule has 7 nitrogen and oxygen atoms in total. The molecule has 0 N–H and O–H groups in total. The first-order valence-corrected chi connectivity index (χ1v) is 10.7. The lowest BCUT2D eigenvalue weighted by atomic mass is 10.0. The molecule has 0 saturated carbocycles. The van der Waals surface area contributed by atoms with Crippen molar-refractivity contribution in [2.24, 2.45) is 5.92 Å². The van der Waals surface area contributed by atoms with Crippen LogP contribution in [0.15, 0.2) is 29.2 Å². The predicted molar refractivity (Wildman–Crippen MR) is 115 cm³/mol. The Morgan fingerprint density at radius 2 is 2.00 bits per heavy atom. The first kappa shape index (κ1) is 21.0. The highest BCUT2D eigenvalue weighted by molar-refractivity contribution is 5.76. The number of halogens is 2. The fraction of sp³-hybridized carbons (Fsp3) is 0.435. The molecule has 0 bridgehead atoms. The van der Waals surface area contributed by atoms with Gasteiger partial charge in [0.15, 0.2) is 5.65 Å². The van der Waals surface area contributed by atoms with E-state index in [0.717, 1.165) is 19.1 Å². The molecule has 0 aliphatic carbocycles. The molecule has 2 aliphatic heterocycles. The Morgan fingerprint density at radius 1 is 1.16 bits per heavy atom. The molecule has 4 heterocycles. The maximum Gasteiger partial charge on any atom is 0.261 e. The van der Waals surface area contributed by atoms with Crippen LogP contribution in [0, 0.1) is 31.4 Å². The molecule has 2 fully saturated rings. The third-order valence-corrected chi connectivity index (χ3v) is 6.36. The number of fused-ring (bicyclic) bond motifs is 1. The van der Waals surface area contributed by atoms with Crippen molar-refractivity contribution in [1.29, 1.82) is 0 Å². The highest BCUT2D eigenvalue weighted by atomic mass is 19.1. The second-order valence-corrected chi connectivity index (χ2v) is 8.37. The Balaban J connectivity index is 1.66. The highest BCUT2D eigenvalue weighted by Gasteiger charge is 2.32. The van der Waals surface area contributed by atoms with Crippen molar-refractivity contribution in [2.75, 3.05) is 37.8 Å². The van der Waals surface area contributed by atoms with Gasteiger partial charge in [0.05, 0.1) is 25.5 Å². The molecule has 2 aliphatic rings. The molecule has 2 saturated heterocycles. The van der Waals surface area contributed by atoms with E-state index in [2.05, 4.69) is 4.98 Å². The van der Waals surface area contributed by atoms with E-state index in [1.54, 1.807) is 20.0 Å². The first-order valence-electron chi connectivity index (χ1n) is 10.7. The topological polar surface area (TPSA) is 69.0 Å². The molecule has 0 amide bonds. The van der Waals surface area contributed by atoms with Gasteiger partial charge in [-0.25, -0.2) is 18.7 Å². The van der Waals surface area contributed by atoms with Gasteiger partial charge in [-0.2, -0.15) is 0 Å². The van der Waals surface area contributed by atoms with Crippen LogP contribution in [-0.2, 0) is 9.47 Å². The number of rotatable bonds is 3. The number of morpholine rings is 1. The summed E-state index contributed by atoms with van der Waals surface area (Å²) in [5.41, 5.74) is 1.34. The van der Waals surface area contributed by atoms with Crippen molar-refractivity contribution < 1.29 is 18.3 Å². The Morgan fingerprint density at radius 3 is 2.75 bits per heavy atom. The summed E-state index contributed by atoms with van der Waals surface area (Å²) < 4.78 is 41.2. The van der Waals surface area contributed by atoms with E-state index < -0.39 is 11.6 Å². The second kappa shape index (κ2) is 8.22. The minimum absolute atomic E-state index is 0.00986. The smallest absolute Gasteiger partial charge is 0.261 e. The fourth-order valence-electron chi connectivity index (χ4n) is 4.35. The maximum absolute atomic E-state index is 14.7. The van der Waals surface area contributed by atoms with Gasteiger partial charge in [-0.15, -0.1) is 0 Å². The van der Waals surface area contributed by atoms with Gasteiger partial charge in [-0.3, -0.25) is 9.20 Å². The number of aryl methyl sites for hydroxylation is 1. The van der Waals surface area contributed by atoms with Gasteiger partial charge in [0.25, 0.3) is 5.56 Å². The van der Waals surface area contributed by atoms with Crippen molar-refractivity contribution in [2.45, 2.75) is 26.4 Å². The van der Waals surface area contributed by atoms with Crippen LogP contribution in [0.1, 0.15) is 17.7 Å². The van der Waals surface area contributed by atoms with Crippen molar-refractivity contribution in [3.8, 4) is 11.3 Å². The number of ether oxygens (including phenoxy) is 2. The molecule has 0 radical (unpaired) electrons. The number of nitrogens with zero attached hydrogens (tertiary/aromatic N) is 4. The molecule has 5 rings (SSSR count). The van der Waals surface area contributed by atoms with Crippen LogP contribution in [-0.4, -0.2) is 53.4 Å². The lowest BCUT2D eigenvalue weighted by Crippen LogP contribution is -2.46. The molecule has 2 aromatic heterocycles. The van der Waals surface area contributed by atoms with Gasteiger partial charge < -0.3 is 14.4 Å². The Labute approximate surface area is 183 Å². The van der Waals surface area contributed by atoms with Gasteiger partial charge in [0.2, 0.25) is 0 Å². The summed E-state index contributed by atoms with van der Waals surface area (Å²) in [6, 6.07) is 3.31. The Kier molecular flexibility index (Phi) is 5.38. The normalized spacial score (nSPS) is 21.4. The van der Waals surface area contributed by atoms with Crippen LogP contribution in [0.3, 0.4) is 0 Å². The van der Waals surface area contributed by atoms with Crippen molar-refractivity contribution >= 4 is 11.5 Å². The van der Waals surface area contributed by atoms with E-state index in [-0.39, 0.29) is 28.6 Å². The second-order valence-electron chi connectivity index (χ2n) is 8.37. The molecule has 32 heavy (non-hydrogen) atoms. The van der Waals surface area contributed by atoms with Crippen molar-refractivity contribution in [3.63, 3.8) is 0 Å². The zero-order chi connectivity index (χ0) is 22.4. The van der Waals surface area contributed by atoms with Gasteiger partial charge in [0, 0.05) is 48.5 Å². The number of anilines is 1. The summed E-state index contributed by atoms with van der Waals surface area (Å²) in [6.45, 7) is 6.52. The third kappa shape index (κ3) is 3.65. The van der Waals surface area contributed by atoms with E-state index >= 15 is 0 Å². The average Bonchev–Trinajstić information content (AvgIpc) is 3.33. The molecular formula is C23H24F2N4O3. The first-order chi connectivity index (χ1) is 15.4. The summed E-state index contributed by atoms with van der Waals surface area (Å²) in [5.74, 6) is -0.609. The molecule has 2 atom stereocenters. The van der Waals surface area contributed by atoms with Gasteiger partial charge in [-0.05, 0) is 32.4 Å². The fourth-order valence-corrected chi connectivity index (χ4v) is 4.35. The SMILES string of the molecule is Cc1nc2c(-c3ccc(F)cc3F)nc(N3CCOC(C4CCOC4)C3)cn2c(=O)c1C. The Bertz CT molecular complexity index is 1240. The molecule has 1 aromatic carbocycles. The Hall–Kier alpha value is -2.91. The quantitative estimate of drug-likeness (QED) is 0.621. The minimum atomic E-state index is -0.757. The molecule has 3 aromatic rings. The van der Waals surface area contributed by atoms with Gasteiger partial charge in [-0.1, -0.05) is 0 Å². The molecule has 9 heteroatoms. The molecule has 0 spiro atoms. The zero-order valence-electron chi connectivity index (χ0n) is 18.0. The molecular weight excluding hydrogens is 418 g/mol.